The second-order valence-electron chi connectivity index (χ2n) is 7.51. The van der Waals surface area contributed by atoms with Gasteiger partial charge in [-0.3, -0.25) is 4.79 Å². The number of fused-ring (bicyclic) bond motifs is 3. The Morgan fingerprint density at radius 2 is 1.94 bits per heavy atom. The highest BCUT2D eigenvalue weighted by Crippen LogP contribution is 2.38. The van der Waals surface area contributed by atoms with E-state index < -0.39 is 0 Å². The van der Waals surface area contributed by atoms with Gasteiger partial charge in [0, 0.05) is 34.8 Å². The van der Waals surface area contributed by atoms with E-state index in [4.69, 9.17) is 14.5 Å². The van der Waals surface area contributed by atoms with Crippen molar-refractivity contribution in [3.8, 4) is 22.1 Å². The fourth-order valence-corrected chi connectivity index (χ4v) is 4.82. The van der Waals surface area contributed by atoms with Crippen LogP contribution in [-0.2, 0) is 6.42 Å². The first-order chi connectivity index (χ1) is 15.3. The Bertz CT molecular complexity index is 1360. The van der Waals surface area contributed by atoms with Crippen LogP contribution in [0.1, 0.15) is 21.5 Å². The number of ether oxygens (including phenoxy) is 2. The topological polar surface area (TPSA) is 60.5 Å². The van der Waals surface area contributed by atoms with Crippen molar-refractivity contribution in [2.75, 3.05) is 13.3 Å². The van der Waals surface area contributed by atoms with Crippen LogP contribution >= 0.6 is 11.3 Å². The number of carbonyl (C=O) groups is 1. The van der Waals surface area contributed by atoms with Crippen molar-refractivity contribution in [2.45, 2.75) is 6.42 Å². The zero-order chi connectivity index (χ0) is 20.8. The Kier molecular flexibility index (Phi) is 4.25. The van der Waals surface area contributed by atoms with Crippen LogP contribution in [0.4, 0.5) is 0 Å². The molecule has 5 nitrogen and oxygen atoms in total. The molecule has 0 spiro atoms. The molecule has 2 aromatic carbocycles. The summed E-state index contributed by atoms with van der Waals surface area (Å²) in [5.74, 6) is 1.44. The molecule has 0 aliphatic carbocycles. The van der Waals surface area contributed by atoms with Gasteiger partial charge in [-0.05, 0) is 47.7 Å². The summed E-state index contributed by atoms with van der Waals surface area (Å²) in [4.78, 5) is 19.3. The molecule has 2 aromatic heterocycles. The molecule has 1 N–H and O–H groups in total. The lowest BCUT2D eigenvalue weighted by Gasteiger charge is -2.21. The molecule has 6 heteroatoms. The first-order valence-corrected chi connectivity index (χ1v) is 11.0. The molecule has 152 valence electrons. The van der Waals surface area contributed by atoms with Crippen LogP contribution in [0.5, 0.6) is 11.5 Å². The summed E-state index contributed by atoms with van der Waals surface area (Å²) in [6, 6.07) is 17.7. The minimum absolute atomic E-state index is 0.0515. The van der Waals surface area contributed by atoms with Gasteiger partial charge in [0.05, 0.1) is 16.1 Å². The molecule has 4 aromatic rings. The van der Waals surface area contributed by atoms with E-state index in [-0.39, 0.29) is 12.6 Å². The molecule has 6 rings (SSSR count). The number of aromatic nitrogens is 1. The van der Waals surface area contributed by atoms with Crippen LogP contribution in [0.15, 0.2) is 66.1 Å². The zero-order valence-corrected chi connectivity index (χ0v) is 17.4. The summed E-state index contributed by atoms with van der Waals surface area (Å²) in [6.07, 6.45) is 2.57. The Labute approximate surface area is 183 Å². The zero-order valence-electron chi connectivity index (χ0n) is 16.6. The SMILES string of the molecule is O=C(C=C1NCCc2cc3c(cc21)OCO3)c1cc(-c2cccs2)nc2ccccc12. The summed E-state index contributed by atoms with van der Waals surface area (Å²) in [7, 11) is 0. The number of allylic oxidation sites excluding steroid dienone is 1. The van der Waals surface area contributed by atoms with Gasteiger partial charge < -0.3 is 14.8 Å². The number of thiophene rings is 1. The van der Waals surface area contributed by atoms with E-state index in [1.165, 1.54) is 0 Å². The first-order valence-electron chi connectivity index (χ1n) is 10.1. The Morgan fingerprint density at radius 1 is 1.06 bits per heavy atom. The van der Waals surface area contributed by atoms with Crippen molar-refractivity contribution in [1.29, 1.82) is 0 Å². The largest absolute Gasteiger partial charge is 0.454 e. The lowest BCUT2D eigenvalue weighted by atomic mass is 9.95. The number of hydrogen-bond acceptors (Lipinski definition) is 6. The third kappa shape index (κ3) is 3.16. The maximum Gasteiger partial charge on any atom is 0.231 e. The lowest BCUT2D eigenvalue weighted by molar-refractivity contribution is 0.104. The number of nitrogens with zero attached hydrogens (tertiary/aromatic N) is 1. The van der Waals surface area contributed by atoms with Crippen molar-refractivity contribution in [3.63, 3.8) is 0 Å². The average molecular weight is 426 g/mol. The lowest BCUT2D eigenvalue weighted by Crippen LogP contribution is -2.23. The van der Waals surface area contributed by atoms with Crippen molar-refractivity contribution in [3.05, 3.63) is 82.7 Å². The fraction of sp³-hybridized carbons (Fsp3) is 0.120. The second-order valence-corrected chi connectivity index (χ2v) is 8.46. The van der Waals surface area contributed by atoms with E-state index >= 15 is 0 Å². The minimum atomic E-state index is -0.0515. The molecule has 0 bridgehead atoms. The predicted molar refractivity (Wildman–Crippen MR) is 122 cm³/mol. The number of nitrogens with one attached hydrogen (secondary N) is 1. The maximum absolute atomic E-state index is 13.5. The van der Waals surface area contributed by atoms with Crippen LogP contribution < -0.4 is 14.8 Å². The Balaban J connectivity index is 1.47. The number of ketones is 1. The highest BCUT2D eigenvalue weighted by molar-refractivity contribution is 7.13. The van der Waals surface area contributed by atoms with Gasteiger partial charge in [-0.2, -0.15) is 0 Å². The van der Waals surface area contributed by atoms with Crippen LogP contribution in [0.3, 0.4) is 0 Å². The smallest absolute Gasteiger partial charge is 0.231 e. The predicted octanol–water partition coefficient (Wildman–Crippen LogP) is 5.06. The number of hydrogen-bond donors (Lipinski definition) is 1. The molecule has 0 saturated heterocycles. The van der Waals surface area contributed by atoms with Crippen LogP contribution in [0, 0.1) is 0 Å². The quantitative estimate of drug-likeness (QED) is 0.366. The van der Waals surface area contributed by atoms with Gasteiger partial charge in [0.2, 0.25) is 6.79 Å². The monoisotopic (exact) mass is 426 g/mol. The molecule has 2 aliphatic rings. The second kappa shape index (κ2) is 7.25. The standard InChI is InChI=1S/C25H18N2O3S/c28-22(13-20-17-12-24-23(29-14-30-24)10-15(17)7-8-26-20)18-11-21(25-6-3-9-31-25)27-19-5-2-1-4-16(18)19/h1-6,9-13,26H,7-8,14H2. The van der Waals surface area contributed by atoms with E-state index in [1.807, 2.05) is 60.0 Å². The maximum atomic E-state index is 13.5. The third-order valence-corrected chi connectivity index (χ3v) is 6.52. The number of pyridine rings is 1. The molecule has 0 radical (unpaired) electrons. The van der Waals surface area contributed by atoms with Gasteiger partial charge in [-0.1, -0.05) is 24.3 Å². The molecule has 0 saturated carbocycles. The van der Waals surface area contributed by atoms with Crippen molar-refractivity contribution in [2.24, 2.45) is 0 Å². The van der Waals surface area contributed by atoms with Gasteiger partial charge in [-0.15, -0.1) is 11.3 Å². The molecule has 0 unspecified atom stereocenters. The van der Waals surface area contributed by atoms with Crippen molar-refractivity contribution in [1.82, 2.24) is 10.3 Å². The van der Waals surface area contributed by atoms with Gasteiger partial charge in [0.15, 0.2) is 17.3 Å². The number of benzene rings is 2. The van der Waals surface area contributed by atoms with Crippen LogP contribution in [-0.4, -0.2) is 24.1 Å². The first kappa shape index (κ1) is 18.2. The number of rotatable bonds is 3. The van der Waals surface area contributed by atoms with Crippen LogP contribution in [0.2, 0.25) is 0 Å². The summed E-state index contributed by atoms with van der Waals surface area (Å²) in [5, 5.41) is 6.26. The minimum Gasteiger partial charge on any atom is -0.454 e. The van der Waals surface area contributed by atoms with Crippen LogP contribution in [0.25, 0.3) is 27.2 Å². The summed E-state index contributed by atoms with van der Waals surface area (Å²) >= 11 is 1.62. The van der Waals surface area contributed by atoms with Gasteiger partial charge in [0.25, 0.3) is 0 Å². The average Bonchev–Trinajstić information content (AvgIpc) is 3.49. The van der Waals surface area contributed by atoms with E-state index in [2.05, 4.69) is 5.32 Å². The third-order valence-electron chi connectivity index (χ3n) is 5.63. The van der Waals surface area contributed by atoms with E-state index in [0.717, 1.165) is 62.8 Å². The van der Waals surface area contributed by atoms with E-state index in [1.54, 1.807) is 17.4 Å². The molecule has 4 heterocycles. The molecule has 0 fully saturated rings. The fourth-order valence-electron chi connectivity index (χ4n) is 4.14. The molecular formula is C25H18N2O3S. The van der Waals surface area contributed by atoms with Crippen molar-refractivity contribution < 1.29 is 14.3 Å². The molecular weight excluding hydrogens is 408 g/mol. The van der Waals surface area contributed by atoms with E-state index in [0.29, 0.717) is 5.56 Å². The molecule has 0 amide bonds. The van der Waals surface area contributed by atoms with Gasteiger partial charge in [0.1, 0.15) is 0 Å². The molecule has 0 atom stereocenters. The normalized spacial score (nSPS) is 15.7. The Morgan fingerprint density at radius 3 is 2.81 bits per heavy atom. The molecule has 2 aliphatic heterocycles. The summed E-state index contributed by atoms with van der Waals surface area (Å²) in [6.45, 7) is 1.00. The number of para-hydroxylation sites is 1. The van der Waals surface area contributed by atoms with Gasteiger partial charge >= 0.3 is 0 Å². The highest BCUT2D eigenvalue weighted by Gasteiger charge is 2.23. The summed E-state index contributed by atoms with van der Waals surface area (Å²) < 4.78 is 11.1. The van der Waals surface area contributed by atoms with Crippen molar-refractivity contribution >= 4 is 33.7 Å². The Hall–Kier alpha value is -3.64. The highest BCUT2D eigenvalue weighted by atomic mass is 32.1. The number of carbonyl (C=O) groups excluding carboxylic acids is 1. The van der Waals surface area contributed by atoms with E-state index in [9.17, 15) is 4.79 Å². The van der Waals surface area contributed by atoms with Gasteiger partial charge in [-0.25, -0.2) is 4.98 Å². The summed E-state index contributed by atoms with van der Waals surface area (Å²) in [5.41, 5.74) is 5.23. The molecule has 31 heavy (non-hydrogen) atoms.